The molecule has 0 atom stereocenters. The highest BCUT2D eigenvalue weighted by molar-refractivity contribution is 6.31. The van der Waals surface area contributed by atoms with Crippen LogP contribution in [0.15, 0.2) is 24.9 Å². The van der Waals surface area contributed by atoms with E-state index in [1.54, 1.807) is 12.3 Å². The molecule has 0 aliphatic carbocycles. The minimum absolute atomic E-state index is 0.0694. The van der Waals surface area contributed by atoms with Gasteiger partial charge in [-0.25, -0.2) is 4.98 Å². The Morgan fingerprint density at radius 3 is 2.93 bits per heavy atom. The van der Waals surface area contributed by atoms with Gasteiger partial charge in [0.2, 0.25) is 0 Å². The highest BCUT2D eigenvalue weighted by Gasteiger charge is 2.07. The van der Waals surface area contributed by atoms with Crippen LogP contribution in [0.2, 0.25) is 5.02 Å². The van der Waals surface area contributed by atoms with Crippen LogP contribution < -0.4 is 4.90 Å². The molecule has 1 aromatic rings. The zero-order chi connectivity index (χ0) is 11.3. The minimum Gasteiger partial charge on any atom is -0.392 e. The van der Waals surface area contributed by atoms with Crippen molar-refractivity contribution in [3.05, 3.63) is 35.5 Å². The summed E-state index contributed by atoms with van der Waals surface area (Å²) >= 11 is 5.86. The first-order chi connectivity index (χ1) is 7.22. The molecule has 0 saturated carbocycles. The smallest absolute Gasteiger partial charge is 0.129 e. The number of pyridine rings is 1. The summed E-state index contributed by atoms with van der Waals surface area (Å²) in [6.45, 7) is 7.23. The molecular weight excluding hydrogens is 212 g/mol. The zero-order valence-corrected chi connectivity index (χ0v) is 9.54. The van der Waals surface area contributed by atoms with Crippen LogP contribution in [-0.2, 0) is 6.61 Å². The highest BCUT2D eigenvalue weighted by Crippen LogP contribution is 2.20. The van der Waals surface area contributed by atoms with Gasteiger partial charge in [0.05, 0.1) is 11.6 Å². The van der Waals surface area contributed by atoms with Crippen LogP contribution in [0.5, 0.6) is 0 Å². The summed E-state index contributed by atoms with van der Waals surface area (Å²) in [5.41, 5.74) is 0.698. The fraction of sp³-hybridized carbons (Fsp3) is 0.364. The number of hydrogen-bond acceptors (Lipinski definition) is 3. The van der Waals surface area contributed by atoms with Gasteiger partial charge >= 0.3 is 0 Å². The normalized spacial score (nSPS) is 10.1. The lowest BCUT2D eigenvalue weighted by molar-refractivity contribution is 0.282. The lowest BCUT2D eigenvalue weighted by Gasteiger charge is -2.20. The Hall–Kier alpha value is -1.06. The Labute approximate surface area is 95.0 Å². The molecule has 0 aliphatic heterocycles. The summed E-state index contributed by atoms with van der Waals surface area (Å²) in [7, 11) is 0. The monoisotopic (exact) mass is 226 g/mol. The topological polar surface area (TPSA) is 36.4 Å². The maximum atomic E-state index is 9.08. The fourth-order valence-corrected chi connectivity index (χ4v) is 1.47. The van der Waals surface area contributed by atoms with E-state index in [0.29, 0.717) is 10.6 Å². The first-order valence-electron chi connectivity index (χ1n) is 4.84. The molecule has 1 rings (SSSR count). The van der Waals surface area contributed by atoms with Crippen molar-refractivity contribution in [1.82, 2.24) is 4.98 Å². The summed E-state index contributed by atoms with van der Waals surface area (Å²) in [5, 5.41) is 9.57. The number of halogens is 1. The fourth-order valence-electron chi connectivity index (χ4n) is 1.30. The Morgan fingerprint density at radius 2 is 2.40 bits per heavy atom. The number of aliphatic hydroxyl groups excluding tert-OH is 1. The lowest BCUT2D eigenvalue weighted by Crippen LogP contribution is -2.23. The summed E-state index contributed by atoms with van der Waals surface area (Å²) in [4.78, 5) is 6.26. The van der Waals surface area contributed by atoms with Crippen LogP contribution in [0, 0.1) is 0 Å². The minimum atomic E-state index is -0.0694. The summed E-state index contributed by atoms with van der Waals surface area (Å²) in [6, 6.07) is 1.80. The van der Waals surface area contributed by atoms with Crippen molar-refractivity contribution in [3.63, 3.8) is 0 Å². The van der Waals surface area contributed by atoms with Gasteiger partial charge in [-0.2, -0.15) is 0 Å². The third-order valence-corrected chi connectivity index (χ3v) is 2.49. The second kappa shape index (κ2) is 5.73. The van der Waals surface area contributed by atoms with Gasteiger partial charge < -0.3 is 10.0 Å². The van der Waals surface area contributed by atoms with Crippen molar-refractivity contribution < 1.29 is 5.11 Å². The molecule has 0 spiro atoms. The largest absolute Gasteiger partial charge is 0.392 e. The maximum absolute atomic E-state index is 9.08. The van der Waals surface area contributed by atoms with Gasteiger partial charge in [-0.05, 0) is 13.0 Å². The van der Waals surface area contributed by atoms with Crippen LogP contribution in [0.4, 0.5) is 5.82 Å². The quantitative estimate of drug-likeness (QED) is 0.783. The average molecular weight is 227 g/mol. The van der Waals surface area contributed by atoms with E-state index in [0.717, 1.165) is 18.9 Å². The number of rotatable bonds is 5. The van der Waals surface area contributed by atoms with Crippen molar-refractivity contribution >= 4 is 17.4 Å². The second-order valence-corrected chi connectivity index (χ2v) is 3.53. The van der Waals surface area contributed by atoms with Gasteiger partial charge in [-0.3, -0.25) is 0 Å². The molecule has 0 amide bonds. The molecule has 0 aliphatic rings. The number of anilines is 1. The van der Waals surface area contributed by atoms with E-state index in [-0.39, 0.29) is 6.61 Å². The molecule has 15 heavy (non-hydrogen) atoms. The molecule has 0 fully saturated rings. The average Bonchev–Trinajstić information content (AvgIpc) is 2.27. The molecule has 1 aromatic heterocycles. The van der Waals surface area contributed by atoms with Gasteiger partial charge in [0.1, 0.15) is 5.82 Å². The SMILES string of the molecule is C=CCN(CC)c1cc(CO)c(Cl)cn1. The van der Waals surface area contributed by atoms with Crippen molar-refractivity contribution in [2.24, 2.45) is 0 Å². The van der Waals surface area contributed by atoms with Gasteiger partial charge in [-0.15, -0.1) is 6.58 Å². The predicted molar refractivity (Wildman–Crippen MR) is 63.3 cm³/mol. The summed E-state index contributed by atoms with van der Waals surface area (Å²) < 4.78 is 0. The molecule has 0 unspecified atom stereocenters. The molecule has 1 heterocycles. The van der Waals surface area contributed by atoms with E-state index in [2.05, 4.69) is 11.6 Å². The molecule has 4 heteroatoms. The van der Waals surface area contributed by atoms with Gasteiger partial charge in [0.25, 0.3) is 0 Å². The predicted octanol–water partition coefficient (Wildman–Crippen LogP) is 2.24. The van der Waals surface area contributed by atoms with Gasteiger partial charge in [-0.1, -0.05) is 17.7 Å². The molecular formula is C11H15ClN2O. The number of hydrogen-bond donors (Lipinski definition) is 1. The number of aliphatic hydroxyl groups is 1. The molecule has 3 nitrogen and oxygen atoms in total. The standard InChI is InChI=1S/C11H15ClN2O/c1-3-5-14(4-2)11-6-9(8-15)10(12)7-13-11/h3,6-7,15H,1,4-5,8H2,2H3. The Balaban J connectivity index is 2.97. The summed E-state index contributed by atoms with van der Waals surface area (Å²) in [5.74, 6) is 0.811. The van der Waals surface area contributed by atoms with E-state index in [4.69, 9.17) is 16.7 Å². The number of nitrogens with zero attached hydrogens (tertiary/aromatic N) is 2. The van der Waals surface area contributed by atoms with Crippen molar-refractivity contribution in [1.29, 1.82) is 0 Å². The van der Waals surface area contributed by atoms with Crippen molar-refractivity contribution in [2.45, 2.75) is 13.5 Å². The first-order valence-corrected chi connectivity index (χ1v) is 5.21. The zero-order valence-electron chi connectivity index (χ0n) is 8.78. The van der Waals surface area contributed by atoms with E-state index < -0.39 is 0 Å². The van der Waals surface area contributed by atoms with Crippen LogP contribution >= 0.6 is 11.6 Å². The third kappa shape index (κ3) is 2.94. The first kappa shape index (κ1) is 12.0. The molecule has 0 radical (unpaired) electrons. The number of likely N-dealkylation sites (N-methyl/N-ethyl adjacent to an activating group) is 1. The van der Waals surface area contributed by atoms with E-state index in [9.17, 15) is 0 Å². The second-order valence-electron chi connectivity index (χ2n) is 3.12. The van der Waals surface area contributed by atoms with Crippen LogP contribution in [0.25, 0.3) is 0 Å². The van der Waals surface area contributed by atoms with Crippen LogP contribution in [0.3, 0.4) is 0 Å². The molecule has 0 bridgehead atoms. The summed E-state index contributed by atoms with van der Waals surface area (Å²) in [6.07, 6.45) is 3.38. The van der Waals surface area contributed by atoms with Gasteiger partial charge in [0.15, 0.2) is 0 Å². The molecule has 0 saturated heterocycles. The van der Waals surface area contributed by atoms with Crippen LogP contribution in [-0.4, -0.2) is 23.2 Å². The van der Waals surface area contributed by atoms with Crippen molar-refractivity contribution in [2.75, 3.05) is 18.0 Å². The van der Waals surface area contributed by atoms with E-state index >= 15 is 0 Å². The highest BCUT2D eigenvalue weighted by atomic mass is 35.5. The van der Waals surface area contributed by atoms with Gasteiger partial charge in [0, 0.05) is 24.8 Å². The van der Waals surface area contributed by atoms with Crippen LogP contribution in [0.1, 0.15) is 12.5 Å². The Morgan fingerprint density at radius 1 is 1.67 bits per heavy atom. The maximum Gasteiger partial charge on any atom is 0.129 e. The molecule has 0 aromatic carbocycles. The molecule has 82 valence electrons. The Bertz CT molecular complexity index is 341. The third-order valence-electron chi connectivity index (χ3n) is 2.15. The number of aromatic nitrogens is 1. The Kier molecular flexibility index (Phi) is 4.59. The van der Waals surface area contributed by atoms with Crippen molar-refractivity contribution in [3.8, 4) is 0 Å². The molecule has 1 N–H and O–H groups in total. The lowest BCUT2D eigenvalue weighted by atomic mass is 10.2. The van der Waals surface area contributed by atoms with E-state index in [1.165, 1.54) is 0 Å². The van der Waals surface area contributed by atoms with E-state index in [1.807, 2.05) is 17.9 Å².